The number of hydrogen-bond acceptors (Lipinski definition) is 7. The normalized spacial score (nSPS) is 13.7. The van der Waals surface area contributed by atoms with Gasteiger partial charge in [-0.2, -0.15) is 4.98 Å². The maximum Gasteiger partial charge on any atom is 0.420 e. The van der Waals surface area contributed by atoms with Crippen molar-refractivity contribution in [3.63, 3.8) is 0 Å². The van der Waals surface area contributed by atoms with E-state index in [4.69, 9.17) is 32.7 Å². The number of benzene rings is 2. The van der Waals surface area contributed by atoms with Gasteiger partial charge in [-0.05, 0) is 68.8 Å². The number of halogens is 3. The van der Waals surface area contributed by atoms with Gasteiger partial charge in [0.2, 0.25) is 5.95 Å². The average Bonchev–Trinajstić information content (AvgIpc) is 2.87. The van der Waals surface area contributed by atoms with Crippen molar-refractivity contribution in [2.24, 2.45) is 0 Å². The Kier molecular flexibility index (Phi) is 9.38. The van der Waals surface area contributed by atoms with E-state index >= 15 is 0 Å². The number of nitrogens with one attached hydrogen (secondary N) is 1. The van der Waals surface area contributed by atoms with Crippen molar-refractivity contribution in [1.82, 2.24) is 14.9 Å². The molecular formula is C26H28Cl2FN5O3. The van der Waals surface area contributed by atoms with Gasteiger partial charge in [0.1, 0.15) is 11.6 Å². The Bertz CT molecular complexity index is 1210. The van der Waals surface area contributed by atoms with Crippen molar-refractivity contribution < 1.29 is 18.7 Å². The van der Waals surface area contributed by atoms with Gasteiger partial charge < -0.3 is 19.7 Å². The van der Waals surface area contributed by atoms with E-state index in [0.29, 0.717) is 22.3 Å². The molecule has 0 aliphatic carbocycles. The molecule has 0 unspecified atom stereocenters. The van der Waals surface area contributed by atoms with Crippen LogP contribution in [0.1, 0.15) is 25.7 Å². The summed E-state index contributed by atoms with van der Waals surface area (Å²) in [7, 11) is 1.50. The summed E-state index contributed by atoms with van der Waals surface area (Å²) in [6.07, 6.45) is 5.42. The van der Waals surface area contributed by atoms with Crippen molar-refractivity contribution in [1.29, 1.82) is 0 Å². The molecule has 196 valence electrons. The highest BCUT2D eigenvalue weighted by atomic mass is 35.5. The molecule has 3 aromatic rings. The number of hydrogen-bond donors (Lipinski definition) is 1. The minimum atomic E-state index is -0.698. The maximum atomic E-state index is 14.6. The molecule has 8 nitrogen and oxygen atoms in total. The summed E-state index contributed by atoms with van der Waals surface area (Å²) in [6, 6.07) is 10.6. The minimum absolute atomic E-state index is 0.178. The molecule has 1 fully saturated rings. The van der Waals surface area contributed by atoms with Crippen LogP contribution in [-0.4, -0.2) is 54.2 Å². The highest BCUT2D eigenvalue weighted by Gasteiger charge is 2.17. The minimum Gasteiger partial charge on any atom is -0.490 e. The van der Waals surface area contributed by atoms with Crippen molar-refractivity contribution in [3.05, 3.63) is 64.5 Å². The number of carbonyl (C=O) groups is 1. The summed E-state index contributed by atoms with van der Waals surface area (Å²) >= 11 is 11.9. The fourth-order valence-corrected chi connectivity index (χ4v) is 4.43. The predicted octanol–water partition coefficient (Wildman–Crippen LogP) is 6.56. The maximum absolute atomic E-state index is 14.6. The fourth-order valence-electron chi connectivity index (χ4n) is 3.92. The van der Waals surface area contributed by atoms with E-state index in [0.717, 1.165) is 26.1 Å². The van der Waals surface area contributed by atoms with Crippen LogP contribution in [0.25, 0.3) is 0 Å². The molecule has 1 saturated heterocycles. The molecule has 37 heavy (non-hydrogen) atoms. The van der Waals surface area contributed by atoms with E-state index < -0.39 is 11.9 Å². The first-order valence-corrected chi connectivity index (χ1v) is 12.8. The van der Waals surface area contributed by atoms with Gasteiger partial charge in [-0.1, -0.05) is 29.6 Å². The van der Waals surface area contributed by atoms with E-state index in [1.165, 1.54) is 61.7 Å². The number of nitrogens with zero attached hydrogens (tertiary/aromatic N) is 4. The molecule has 2 aromatic carbocycles. The van der Waals surface area contributed by atoms with Gasteiger partial charge in [0, 0.05) is 41.6 Å². The monoisotopic (exact) mass is 547 g/mol. The van der Waals surface area contributed by atoms with Crippen LogP contribution in [0, 0.1) is 5.82 Å². The van der Waals surface area contributed by atoms with Gasteiger partial charge in [-0.25, -0.2) is 14.2 Å². The molecule has 4 rings (SSSR count). The van der Waals surface area contributed by atoms with Crippen molar-refractivity contribution in [3.8, 4) is 11.5 Å². The lowest BCUT2D eigenvalue weighted by Gasteiger charge is -2.26. The van der Waals surface area contributed by atoms with E-state index in [-0.39, 0.29) is 23.3 Å². The van der Waals surface area contributed by atoms with E-state index in [9.17, 15) is 9.18 Å². The molecule has 0 radical (unpaired) electrons. The lowest BCUT2D eigenvalue weighted by molar-refractivity contribution is 0.203. The van der Waals surface area contributed by atoms with Crippen LogP contribution in [0.3, 0.4) is 0 Å². The second-order valence-electron chi connectivity index (χ2n) is 8.65. The zero-order valence-corrected chi connectivity index (χ0v) is 21.9. The number of likely N-dealkylation sites (tertiary alicyclic amines) is 1. The third kappa shape index (κ3) is 7.92. The molecule has 0 spiro atoms. The topological polar surface area (TPSA) is 79.8 Å². The lowest BCUT2D eigenvalue weighted by Crippen LogP contribution is -2.31. The fraction of sp³-hybridized carbons (Fsp3) is 0.346. The second-order valence-corrected chi connectivity index (χ2v) is 9.52. The summed E-state index contributed by atoms with van der Waals surface area (Å²) < 4.78 is 25.6. The smallest absolute Gasteiger partial charge is 0.420 e. The van der Waals surface area contributed by atoms with Crippen molar-refractivity contribution in [2.45, 2.75) is 25.7 Å². The lowest BCUT2D eigenvalue weighted by atomic mass is 10.1. The average molecular weight is 548 g/mol. The highest BCUT2D eigenvalue weighted by Crippen LogP contribution is 2.26. The molecule has 1 aliphatic rings. The van der Waals surface area contributed by atoms with Crippen LogP contribution in [0.2, 0.25) is 10.0 Å². The predicted molar refractivity (Wildman–Crippen MR) is 143 cm³/mol. The molecular weight excluding hydrogens is 520 g/mol. The van der Waals surface area contributed by atoms with Gasteiger partial charge >= 0.3 is 6.09 Å². The number of aromatic nitrogens is 2. The zero-order chi connectivity index (χ0) is 26.2. The van der Waals surface area contributed by atoms with Crippen molar-refractivity contribution in [2.75, 3.05) is 43.5 Å². The Balaban J connectivity index is 1.31. The van der Waals surface area contributed by atoms with Gasteiger partial charge in [0.25, 0.3) is 0 Å². The molecule has 1 aliphatic heterocycles. The molecule has 1 amide bonds. The number of anilines is 3. The molecule has 2 heterocycles. The van der Waals surface area contributed by atoms with Gasteiger partial charge in [0.15, 0.2) is 11.6 Å². The number of carbonyl (C=O) groups excluding carboxylic acids is 1. The summed E-state index contributed by atoms with van der Waals surface area (Å²) in [6.45, 7) is 3.68. The molecule has 0 bridgehead atoms. The van der Waals surface area contributed by atoms with E-state index in [1.54, 1.807) is 18.2 Å². The van der Waals surface area contributed by atoms with Crippen LogP contribution >= 0.6 is 23.2 Å². The molecule has 0 saturated carbocycles. The summed E-state index contributed by atoms with van der Waals surface area (Å²) in [4.78, 5) is 24.6. The Hall–Kier alpha value is -3.14. The third-order valence-electron chi connectivity index (χ3n) is 5.81. The number of rotatable bonds is 9. The summed E-state index contributed by atoms with van der Waals surface area (Å²) in [5, 5.41) is 3.62. The molecule has 0 atom stereocenters. The molecule has 11 heteroatoms. The Morgan fingerprint density at radius 1 is 1.11 bits per heavy atom. The van der Waals surface area contributed by atoms with Crippen LogP contribution in [0.15, 0.2) is 48.7 Å². The number of amides is 1. The van der Waals surface area contributed by atoms with Crippen LogP contribution in [0.4, 0.5) is 26.6 Å². The van der Waals surface area contributed by atoms with Gasteiger partial charge in [-0.3, -0.25) is 4.90 Å². The first kappa shape index (κ1) is 26.9. The Morgan fingerprint density at radius 2 is 1.86 bits per heavy atom. The highest BCUT2D eigenvalue weighted by molar-refractivity contribution is 6.34. The molecule has 1 aromatic heterocycles. The van der Waals surface area contributed by atoms with Gasteiger partial charge in [-0.15, -0.1) is 0 Å². The number of piperidine rings is 1. The van der Waals surface area contributed by atoms with E-state index in [1.807, 2.05) is 0 Å². The van der Waals surface area contributed by atoms with Crippen LogP contribution < -0.4 is 19.7 Å². The first-order valence-electron chi connectivity index (χ1n) is 12.0. The van der Waals surface area contributed by atoms with Crippen molar-refractivity contribution >= 4 is 46.7 Å². The summed E-state index contributed by atoms with van der Waals surface area (Å²) in [5.74, 6) is 0.357. The first-order chi connectivity index (χ1) is 17.9. The largest absolute Gasteiger partial charge is 0.490 e. The van der Waals surface area contributed by atoms with E-state index in [2.05, 4.69) is 20.2 Å². The van der Waals surface area contributed by atoms with Gasteiger partial charge in [0.05, 0.1) is 6.61 Å². The standard InChI is InChI=1S/C26H28Cl2FN5O3/c1-33(26(35)37-21-15-18(27)14-19(28)16-21)24-8-9-30-25(32-24)31-20-6-7-23(22(29)17-20)36-13-5-12-34-10-3-2-4-11-34/h6-9,14-17H,2-5,10-13H2,1H3,(H,30,31,32). The van der Waals surface area contributed by atoms with Crippen LogP contribution in [0.5, 0.6) is 11.5 Å². The Labute approximate surface area is 225 Å². The number of ether oxygens (including phenoxy) is 2. The third-order valence-corrected chi connectivity index (χ3v) is 6.25. The second kappa shape index (κ2) is 12.9. The molecule has 1 N–H and O–H groups in total. The van der Waals surface area contributed by atoms with Crippen LogP contribution in [-0.2, 0) is 0 Å². The quantitative estimate of drug-likeness (QED) is 0.304. The Morgan fingerprint density at radius 3 is 2.59 bits per heavy atom. The zero-order valence-electron chi connectivity index (χ0n) is 20.4. The summed E-state index contributed by atoms with van der Waals surface area (Å²) in [5.41, 5.74) is 0.439. The SMILES string of the molecule is CN(C(=O)Oc1cc(Cl)cc(Cl)c1)c1ccnc(Nc2ccc(OCCCN3CCCCC3)c(F)c2)n1.